The highest BCUT2D eigenvalue weighted by Crippen LogP contribution is 2.27. The molecule has 112 valence electrons. The highest BCUT2D eigenvalue weighted by atomic mass is 16.2. The van der Waals surface area contributed by atoms with Crippen molar-refractivity contribution in [2.75, 3.05) is 12.8 Å². The molecule has 5 heteroatoms. The Morgan fingerprint density at radius 1 is 1.18 bits per heavy atom. The summed E-state index contributed by atoms with van der Waals surface area (Å²) >= 11 is 0. The molecule has 0 aromatic heterocycles. The molecule has 2 aromatic carbocycles. The summed E-state index contributed by atoms with van der Waals surface area (Å²) in [7, 11) is 1.61. The summed E-state index contributed by atoms with van der Waals surface area (Å²) in [5, 5.41) is 10.9. The van der Waals surface area contributed by atoms with Crippen LogP contribution < -0.4 is 11.1 Å². The highest BCUT2D eigenvalue weighted by molar-refractivity contribution is 5.98. The molecule has 0 radical (unpaired) electrons. The van der Waals surface area contributed by atoms with Gasteiger partial charge in [0.1, 0.15) is 0 Å². The van der Waals surface area contributed by atoms with Crippen molar-refractivity contribution in [2.45, 2.75) is 12.5 Å². The zero-order chi connectivity index (χ0) is 15.7. The van der Waals surface area contributed by atoms with E-state index < -0.39 is 0 Å². The Kier molecular flexibility index (Phi) is 3.55. The van der Waals surface area contributed by atoms with Crippen molar-refractivity contribution in [3.8, 4) is 11.1 Å². The monoisotopic (exact) mass is 294 g/mol. The van der Waals surface area contributed by atoms with Crippen LogP contribution in [-0.4, -0.2) is 23.8 Å². The van der Waals surface area contributed by atoms with Crippen LogP contribution in [0.15, 0.2) is 48.5 Å². The van der Waals surface area contributed by atoms with Crippen LogP contribution in [0.1, 0.15) is 18.0 Å². The van der Waals surface area contributed by atoms with Gasteiger partial charge in [-0.25, -0.2) is 0 Å². The predicted molar refractivity (Wildman–Crippen MR) is 87.3 cm³/mol. The summed E-state index contributed by atoms with van der Waals surface area (Å²) in [6.07, 6.45) is 0.346. The van der Waals surface area contributed by atoms with Crippen molar-refractivity contribution >= 4 is 17.6 Å². The van der Waals surface area contributed by atoms with Crippen LogP contribution in [0, 0.1) is 5.41 Å². The number of rotatable bonds is 2. The first kappa shape index (κ1) is 14.1. The van der Waals surface area contributed by atoms with E-state index in [2.05, 4.69) is 5.32 Å². The van der Waals surface area contributed by atoms with Gasteiger partial charge in [0.2, 0.25) is 5.91 Å². The lowest BCUT2D eigenvalue weighted by Crippen LogP contribution is -2.49. The quantitative estimate of drug-likeness (QED) is 0.744. The van der Waals surface area contributed by atoms with Crippen LogP contribution in [0.5, 0.6) is 0 Å². The molecule has 1 fully saturated rings. The number of anilines is 1. The Hall–Kier alpha value is -2.82. The molecular formula is C17H18N4O. The average Bonchev–Trinajstić information content (AvgIpc) is 2.52. The molecule has 1 heterocycles. The molecule has 0 aliphatic carbocycles. The van der Waals surface area contributed by atoms with Crippen molar-refractivity contribution in [3.63, 3.8) is 0 Å². The third-order valence-corrected chi connectivity index (χ3v) is 3.91. The van der Waals surface area contributed by atoms with Crippen LogP contribution in [0.2, 0.25) is 0 Å². The molecule has 2 aromatic rings. The average molecular weight is 294 g/mol. The topological polar surface area (TPSA) is 82.2 Å². The van der Waals surface area contributed by atoms with Crippen molar-refractivity contribution in [1.82, 2.24) is 10.2 Å². The van der Waals surface area contributed by atoms with E-state index in [0.717, 1.165) is 22.4 Å². The molecule has 4 N–H and O–H groups in total. The molecular weight excluding hydrogens is 276 g/mol. The second kappa shape index (κ2) is 5.52. The minimum absolute atomic E-state index is 0.0527. The number of carbonyl (C=O) groups is 1. The van der Waals surface area contributed by atoms with E-state index in [4.69, 9.17) is 11.1 Å². The second-order valence-electron chi connectivity index (χ2n) is 5.45. The lowest BCUT2D eigenvalue weighted by atomic mass is 9.96. The molecule has 22 heavy (non-hydrogen) atoms. The van der Waals surface area contributed by atoms with Crippen LogP contribution in [0.3, 0.4) is 0 Å². The molecule has 1 atom stereocenters. The van der Waals surface area contributed by atoms with Gasteiger partial charge in [0.05, 0.1) is 12.5 Å². The first-order chi connectivity index (χ1) is 10.5. The molecule has 1 saturated heterocycles. The van der Waals surface area contributed by atoms with Crippen molar-refractivity contribution in [3.05, 3.63) is 54.1 Å². The van der Waals surface area contributed by atoms with E-state index in [1.165, 1.54) is 4.90 Å². The van der Waals surface area contributed by atoms with Crippen LogP contribution >= 0.6 is 0 Å². The van der Waals surface area contributed by atoms with E-state index in [9.17, 15) is 4.79 Å². The molecule has 0 spiro atoms. The number of benzene rings is 2. The first-order valence-corrected chi connectivity index (χ1v) is 7.12. The molecule has 0 unspecified atom stereocenters. The zero-order valence-electron chi connectivity index (χ0n) is 12.3. The fraction of sp³-hybridized carbons (Fsp3) is 0.176. The maximum absolute atomic E-state index is 11.9. The summed E-state index contributed by atoms with van der Waals surface area (Å²) in [5.74, 6) is 0.0821. The maximum atomic E-state index is 11.9. The Morgan fingerprint density at radius 3 is 2.55 bits per heavy atom. The van der Waals surface area contributed by atoms with E-state index in [1.807, 2.05) is 48.5 Å². The summed E-state index contributed by atoms with van der Waals surface area (Å²) in [6, 6.07) is 15.5. The lowest BCUT2D eigenvalue weighted by molar-refractivity contribution is -0.128. The number of nitrogens with zero attached hydrogens (tertiary/aromatic N) is 1. The third kappa shape index (κ3) is 2.65. The standard InChI is InChI=1S/C17H18N4O/c1-21-16(22)10-15(20-17(21)19)13-6-2-4-11(8-13)12-5-3-7-14(18)9-12/h2-9,15H,10,18H2,1H3,(H2,19,20)/t15-/m0/s1. The largest absolute Gasteiger partial charge is 0.399 e. The Labute approximate surface area is 129 Å². The summed E-state index contributed by atoms with van der Waals surface area (Å²) in [5.41, 5.74) is 9.63. The summed E-state index contributed by atoms with van der Waals surface area (Å²) in [4.78, 5) is 13.2. The number of hydrogen-bond donors (Lipinski definition) is 3. The smallest absolute Gasteiger partial charge is 0.231 e. The first-order valence-electron chi connectivity index (χ1n) is 7.12. The minimum atomic E-state index is -0.169. The van der Waals surface area contributed by atoms with E-state index in [-0.39, 0.29) is 17.9 Å². The van der Waals surface area contributed by atoms with E-state index in [0.29, 0.717) is 6.42 Å². The summed E-state index contributed by atoms with van der Waals surface area (Å²) < 4.78 is 0. The number of guanidine groups is 1. The SMILES string of the molecule is CN1C(=N)N[C@H](c2cccc(-c3cccc(N)c3)c2)CC1=O. The highest BCUT2D eigenvalue weighted by Gasteiger charge is 2.27. The molecule has 5 nitrogen and oxygen atoms in total. The van der Waals surface area contributed by atoms with Gasteiger partial charge in [-0.1, -0.05) is 30.3 Å². The van der Waals surface area contributed by atoms with Gasteiger partial charge < -0.3 is 11.1 Å². The van der Waals surface area contributed by atoms with Crippen LogP contribution in [-0.2, 0) is 4.79 Å². The molecule has 1 aliphatic heterocycles. The number of hydrogen-bond acceptors (Lipinski definition) is 3. The third-order valence-electron chi connectivity index (χ3n) is 3.91. The Balaban J connectivity index is 1.92. The number of amides is 1. The lowest BCUT2D eigenvalue weighted by Gasteiger charge is -2.31. The normalized spacial score (nSPS) is 18.2. The molecule has 0 saturated carbocycles. The Bertz CT molecular complexity index is 723. The minimum Gasteiger partial charge on any atom is -0.399 e. The second-order valence-corrected chi connectivity index (χ2v) is 5.45. The summed E-state index contributed by atoms with van der Waals surface area (Å²) in [6.45, 7) is 0. The van der Waals surface area contributed by atoms with Crippen molar-refractivity contribution < 1.29 is 4.79 Å². The molecule has 3 rings (SSSR count). The molecule has 1 aliphatic rings. The fourth-order valence-electron chi connectivity index (χ4n) is 2.60. The Morgan fingerprint density at radius 2 is 1.86 bits per heavy atom. The van der Waals surface area contributed by atoms with Crippen molar-refractivity contribution in [1.29, 1.82) is 5.41 Å². The van der Waals surface area contributed by atoms with E-state index >= 15 is 0 Å². The fourth-order valence-corrected chi connectivity index (χ4v) is 2.60. The maximum Gasteiger partial charge on any atom is 0.231 e. The van der Waals surface area contributed by atoms with Gasteiger partial charge in [0, 0.05) is 12.7 Å². The van der Waals surface area contributed by atoms with E-state index in [1.54, 1.807) is 7.05 Å². The zero-order valence-corrected chi connectivity index (χ0v) is 12.3. The van der Waals surface area contributed by atoms with Gasteiger partial charge in [-0.3, -0.25) is 15.1 Å². The molecule has 1 amide bonds. The number of nitrogen functional groups attached to an aromatic ring is 1. The number of nitrogens with one attached hydrogen (secondary N) is 2. The molecule has 0 bridgehead atoms. The van der Waals surface area contributed by atoms with Gasteiger partial charge >= 0.3 is 0 Å². The van der Waals surface area contributed by atoms with Gasteiger partial charge in [-0.2, -0.15) is 0 Å². The van der Waals surface area contributed by atoms with Gasteiger partial charge in [-0.15, -0.1) is 0 Å². The van der Waals surface area contributed by atoms with Gasteiger partial charge in [-0.05, 0) is 34.9 Å². The van der Waals surface area contributed by atoms with Gasteiger partial charge in [0.15, 0.2) is 5.96 Å². The van der Waals surface area contributed by atoms with Gasteiger partial charge in [0.25, 0.3) is 0 Å². The van der Waals surface area contributed by atoms with Crippen LogP contribution in [0.25, 0.3) is 11.1 Å². The number of nitrogens with two attached hydrogens (primary N) is 1. The number of carbonyl (C=O) groups excluding carboxylic acids is 1. The predicted octanol–water partition coefficient (Wildman–Crippen LogP) is 2.36. The van der Waals surface area contributed by atoms with Crippen LogP contribution in [0.4, 0.5) is 5.69 Å². The van der Waals surface area contributed by atoms with Crippen molar-refractivity contribution in [2.24, 2.45) is 0 Å².